The van der Waals surface area contributed by atoms with Crippen LogP contribution in [0.2, 0.25) is 0 Å². The van der Waals surface area contributed by atoms with Gasteiger partial charge in [-0.3, -0.25) is 14.9 Å². The summed E-state index contributed by atoms with van der Waals surface area (Å²) in [4.78, 5) is 33.5. The van der Waals surface area contributed by atoms with E-state index in [1.54, 1.807) is 0 Å². The summed E-state index contributed by atoms with van der Waals surface area (Å²) in [6.45, 7) is -0.557. The highest BCUT2D eigenvalue weighted by Crippen LogP contribution is 2.25. The maximum absolute atomic E-state index is 11.8. The first kappa shape index (κ1) is 16.0. The maximum atomic E-state index is 11.8. The van der Waals surface area contributed by atoms with E-state index in [0.29, 0.717) is 0 Å². The second kappa shape index (κ2) is 6.56. The minimum atomic E-state index is -0.851. The molecule has 0 unspecified atom stereocenters. The lowest BCUT2D eigenvalue weighted by Gasteiger charge is -2.05. The van der Waals surface area contributed by atoms with E-state index < -0.39 is 29.0 Å². The number of aromatic hydroxyl groups is 2. The summed E-state index contributed by atoms with van der Waals surface area (Å²) in [6, 6.07) is 8.23. The zero-order chi connectivity index (χ0) is 17.0. The van der Waals surface area contributed by atoms with Crippen LogP contribution in [-0.2, 0) is 4.74 Å². The van der Waals surface area contributed by atoms with E-state index in [2.05, 4.69) is 0 Å². The SMILES string of the molecule is O=C(COC(=O)c1ccc(O)c(O)c1)c1ccc([N+](=O)[O-])cc1. The number of esters is 1. The van der Waals surface area contributed by atoms with Gasteiger partial charge in [-0.2, -0.15) is 0 Å². The highest BCUT2D eigenvalue weighted by Gasteiger charge is 2.14. The Morgan fingerprint density at radius 3 is 2.17 bits per heavy atom. The predicted molar refractivity (Wildman–Crippen MR) is 77.5 cm³/mol. The summed E-state index contributed by atoms with van der Waals surface area (Å²) in [6.07, 6.45) is 0. The molecule has 0 fully saturated rings. The maximum Gasteiger partial charge on any atom is 0.338 e. The van der Waals surface area contributed by atoms with Gasteiger partial charge in [-0.1, -0.05) is 0 Å². The Morgan fingerprint density at radius 1 is 1.00 bits per heavy atom. The fraction of sp³-hybridized carbons (Fsp3) is 0.0667. The average molecular weight is 317 g/mol. The van der Waals surface area contributed by atoms with Crippen LogP contribution in [0.5, 0.6) is 11.5 Å². The van der Waals surface area contributed by atoms with Crippen LogP contribution >= 0.6 is 0 Å². The summed E-state index contributed by atoms with van der Waals surface area (Å²) in [5.74, 6) is -2.25. The van der Waals surface area contributed by atoms with Crippen LogP contribution in [0, 0.1) is 10.1 Å². The van der Waals surface area contributed by atoms with Crippen LogP contribution in [0.25, 0.3) is 0 Å². The van der Waals surface area contributed by atoms with Crippen molar-refractivity contribution in [2.75, 3.05) is 6.61 Å². The molecule has 0 spiro atoms. The van der Waals surface area contributed by atoms with Crippen LogP contribution in [0.15, 0.2) is 42.5 Å². The second-order valence-corrected chi connectivity index (χ2v) is 4.51. The lowest BCUT2D eigenvalue weighted by molar-refractivity contribution is -0.384. The number of non-ortho nitro benzene ring substituents is 1. The molecule has 0 atom stereocenters. The number of hydrogen-bond donors (Lipinski definition) is 2. The van der Waals surface area contributed by atoms with Gasteiger partial charge in [0.15, 0.2) is 23.9 Å². The highest BCUT2D eigenvalue weighted by atomic mass is 16.6. The Balaban J connectivity index is 1.99. The van der Waals surface area contributed by atoms with Crippen LogP contribution < -0.4 is 0 Å². The van der Waals surface area contributed by atoms with Crippen molar-refractivity contribution < 1.29 is 29.5 Å². The molecule has 118 valence electrons. The summed E-state index contributed by atoms with van der Waals surface area (Å²) >= 11 is 0. The molecule has 0 saturated heterocycles. The van der Waals surface area contributed by atoms with Gasteiger partial charge in [-0.15, -0.1) is 0 Å². The molecule has 0 radical (unpaired) electrons. The smallest absolute Gasteiger partial charge is 0.338 e. The van der Waals surface area contributed by atoms with Crippen molar-refractivity contribution in [1.29, 1.82) is 0 Å². The van der Waals surface area contributed by atoms with Gasteiger partial charge in [-0.25, -0.2) is 4.79 Å². The van der Waals surface area contributed by atoms with Crippen molar-refractivity contribution in [2.24, 2.45) is 0 Å². The van der Waals surface area contributed by atoms with Crippen molar-refractivity contribution >= 4 is 17.4 Å². The van der Waals surface area contributed by atoms with E-state index >= 15 is 0 Å². The molecule has 2 N–H and O–H groups in total. The average Bonchev–Trinajstić information content (AvgIpc) is 2.54. The first-order chi connectivity index (χ1) is 10.9. The monoisotopic (exact) mass is 317 g/mol. The third-order valence-corrected chi connectivity index (χ3v) is 2.95. The molecule has 2 aromatic rings. The van der Waals surface area contributed by atoms with Gasteiger partial charge in [0.2, 0.25) is 0 Å². The Morgan fingerprint density at radius 2 is 1.61 bits per heavy atom. The number of carbonyl (C=O) groups is 2. The van der Waals surface area contributed by atoms with Gasteiger partial charge in [-0.05, 0) is 30.3 Å². The van der Waals surface area contributed by atoms with Crippen LogP contribution in [0.1, 0.15) is 20.7 Å². The lowest BCUT2D eigenvalue weighted by Crippen LogP contribution is -2.14. The summed E-state index contributed by atoms with van der Waals surface area (Å²) in [7, 11) is 0. The Hall–Kier alpha value is -3.42. The number of phenols is 2. The number of ether oxygens (including phenoxy) is 1. The molecule has 0 saturated carbocycles. The molecular formula is C15H11NO7. The van der Waals surface area contributed by atoms with Crippen molar-refractivity contribution in [3.05, 3.63) is 63.7 Å². The van der Waals surface area contributed by atoms with Gasteiger partial charge in [0.1, 0.15) is 0 Å². The van der Waals surface area contributed by atoms with Gasteiger partial charge in [0.25, 0.3) is 5.69 Å². The summed E-state index contributed by atoms with van der Waals surface area (Å²) < 4.78 is 4.80. The highest BCUT2D eigenvalue weighted by molar-refractivity contribution is 5.99. The summed E-state index contributed by atoms with van der Waals surface area (Å²) in [5.41, 5.74) is -0.0214. The second-order valence-electron chi connectivity index (χ2n) is 4.51. The third kappa shape index (κ3) is 3.82. The standard InChI is InChI=1S/C15H11NO7/c17-12-6-3-10(7-13(12)18)15(20)23-8-14(19)9-1-4-11(5-2-9)16(21)22/h1-7,17-18H,8H2. The van der Waals surface area contributed by atoms with Gasteiger partial charge in [0.05, 0.1) is 10.5 Å². The predicted octanol–water partition coefficient (Wildman–Crippen LogP) is 2.05. The number of ketones is 1. The number of nitro benzene ring substituents is 1. The first-order valence-electron chi connectivity index (χ1n) is 6.35. The van der Waals surface area contributed by atoms with E-state index in [9.17, 15) is 24.8 Å². The zero-order valence-electron chi connectivity index (χ0n) is 11.6. The number of Topliss-reactive ketones (excluding diaryl/α,β-unsaturated/α-hetero) is 1. The molecule has 0 aliphatic rings. The molecule has 2 rings (SSSR count). The normalized spacial score (nSPS) is 10.1. The molecular weight excluding hydrogens is 306 g/mol. The van der Waals surface area contributed by atoms with Gasteiger partial charge in [0, 0.05) is 17.7 Å². The quantitative estimate of drug-likeness (QED) is 0.284. The Labute approximate surface area is 129 Å². The van der Waals surface area contributed by atoms with E-state index in [1.165, 1.54) is 30.3 Å². The van der Waals surface area contributed by atoms with Crippen molar-refractivity contribution in [3.63, 3.8) is 0 Å². The fourth-order valence-corrected chi connectivity index (χ4v) is 1.72. The van der Waals surface area contributed by atoms with Gasteiger partial charge >= 0.3 is 5.97 Å². The topological polar surface area (TPSA) is 127 Å². The minimum absolute atomic E-state index is 0.0307. The zero-order valence-corrected chi connectivity index (χ0v) is 11.6. The Bertz CT molecular complexity index is 768. The lowest BCUT2D eigenvalue weighted by atomic mass is 10.1. The Kier molecular flexibility index (Phi) is 4.55. The molecule has 0 amide bonds. The number of phenolic OH excluding ortho intramolecular Hbond substituents is 2. The number of rotatable bonds is 5. The molecule has 0 heterocycles. The molecule has 0 aliphatic heterocycles. The van der Waals surface area contributed by atoms with Crippen molar-refractivity contribution in [1.82, 2.24) is 0 Å². The molecule has 0 bridgehead atoms. The fourth-order valence-electron chi connectivity index (χ4n) is 1.72. The number of benzene rings is 2. The van der Waals surface area contributed by atoms with Crippen molar-refractivity contribution in [3.8, 4) is 11.5 Å². The minimum Gasteiger partial charge on any atom is -0.504 e. The molecule has 0 aliphatic carbocycles. The van der Waals surface area contributed by atoms with E-state index in [1.807, 2.05) is 0 Å². The number of carbonyl (C=O) groups excluding carboxylic acids is 2. The summed E-state index contributed by atoms with van der Waals surface area (Å²) in [5, 5.41) is 29.0. The third-order valence-electron chi connectivity index (χ3n) is 2.95. The molecule has 23 heavy (non-hydrogen) atoms. The molecule has 2 aromatic carbocycles. The van der Waals surface area contributed by atoms with E-state index in [0.717, 1.165) is 12.1 Å². The van der Waals surface area contributed by atoms with Crippen LogP contribution in [-0.4, -0.2) is 33.5 Å². The number of hydrogen-bond acceptors (Lipinski definition) is 7. The number of nitro groups is 1. The first-order valence-corrected chi connectivity index (χ1v) is 6.35. The van der Waals surface area contributed by atoms with E-state index in [4.69, 9.17) is 9.84 Å². The number of nitrogens with zero attached hydrogens (tertiary/aromatic N) is 1. The molecule has 8 heteroatoms. The van der Waals surface area contributed by atoms with Crippen LogP contribution in [0.4, 0.5) is 5.69 Å². The molecule has 0 aromatic heterocycles. The van der Waals surface area contributed by atoms with Gasteiger partial charge < -0.3 is 14.9 Å². The van der Waals surface area contributed by atoms with Crippen LogP contribution in [0.3, 0.4) is 0 Å². The molecule has 8 nitrogen and oxygen atoms in total. The largest absolute Gasteiger partial charge is 0.504 e. The van der Waals surface area contributed by atoms with E-state index in [-0.39, 0.29) is 22.6 Å². The van der Waals surface area contributed by atoms with Crippen molar-refractivity contribution in [2.45, 2.75) is 0 Å².